The molecular formula is C14H16F2N2O. The van der Waals surface area contributed by atoms with Gasteiger partial charge in [0.2, 0.25) is 5.91 Å². The lowest BCUT2D eigenvalue weighted by Crippen LogP contribution is -2.30. The monoisotopic (exact) mass is 266 g/mol. The molecule has 1 aliphatic rings. The second-order valence-electron chi connectivity index (χ2n) is 4.78. The fraction of sp³-hybridized carbons (Fsp3) is 0.357. The van der Waals surface area contributed by atoms with Crippen molar-refractivity contribution in [2.75, 3.05) is 13.1 Å². The zero-order chi connectivity index (χ0) is 14.0. The molecular weight excluding hydrogens is 250 g/mol. The largest absolute Gasteiger partial charge is 0.338 e. The number of hydrogen-bond donors (Lipinski definition) is 1. The molecule has 0 radical (unpaired) electrons. The predicted octanol–water partition coefficient (Wildman–Crippen LogP) is 1.93. The van der Waals surface area contributed by atoms with E-state index in [1.165, 1.54) is 18.2 Å². The fourth-order valence-electron chi connectivity index (χ4n) is 2.15. The summed E-state index contributed by atoms with van der Waals surface area (Å²) in [5.74, 6) is -1.49. The molecule has 2 N–H and O–H groups in total. The Morgan fingerprint density at radius 1 is 1.47 bits per heavy atom. The van der Waals surface area contributed by atoms with E-state index in [1.54, 1.807) is 11.8 Å². The van der Waals surface area contributed by atoms with Crippen molar-refractivity contribution in [3.63, 3.8) is 0 Å². The van der Waals surface area contributed by atoms with Gasteiger partial charge in [0.05, 0.1) is 0 Å². The van der Waals surface area contributed by atoms with Gasteiger partial charge in [0.25, 0.3) is 0 Å². The molecule has 3 nitrogen and oxygen atoms in total. The summed E-state index contributed by atoms with van der Waals surface area (Å²) in [7, 11) is 0. The molecule has 1 aromatic carbocycles. The van der Waals surface area contributed by atoms with Crippen LogP contribution in [0.4, 0.5) is 8.78 Å². The van der Waals surface area contributed by atoms with Crippen LogP contribution in [0.5, 0.6) is 0 Å². The Morgan fingerprint density at radius 2 is 2.21 bits per heavy atom. The lowest BCUT2D eigenvalue weighted by Gasteiger charge is -2.14. The Balaban J connectivity index is 2.16. The maximum Gasteiger partial charge on any atom is 0.246 e. The summed E-state index contributed by atoms with van der Waals surface area (Å²) >= 11 is 0. The second kappa shape index (κ2) is 5.48. The third-order valence-electron chi connectivity index (χ3n) is 3.23. The van der Waals surface area contributed by atoms with Crippen LogP contribution in [0, 0.1) is 11.6 Å². The van der Waals surface area contributed by atoms with Gasteiger partial charge in [-0.1, -0.05) is 0 Å². The maximum atomic E-state index is 13.6. The molecule has 1 heterocycles. The van der Waals surface area contributed by atoms with Gasteiger partial charge in [-0.15, -0.1) is 0 Å². The minimum atomic E-state index is -0.667. The van der Waals surface area contributed by atoms with Crippen molar-refractivity contribution < 1.29 is 13.6 Å². The van der Waals surface area contributed by atoms with Crippen LogP contribution < -0.4 is 5.73 Å². The summed E-state index contributed by atoms with van der Waals surface area (Å²) in [5.41, 5.74) is 6.44. The first-order chi connectivity index (χ1) is 8.97. The molecule has 0 saturated carbocycles. The number of allylic oxidation sites excluding steroid dienone is 1. The molecule has 0 bridgehead atoms. The summed E-state index contributed by atoms with van der Waals surface area (Å²) in [4.78, 5) is 13.6. The second-order valence-corrected chi connectivity index (χ2v) is 4.78. The average molecular weight is 266 g/mol. The van der Waals surface area contributed by atoms with Gasteiger partial charge >= 0.3 is 0 Å². The molecule has 19 heavy (non-hydrogen) atoms. The van der Waals surface area contributed by atoms with Crippen molar-refractivity contribution in [2.24, 2.45) is 5.73 Å². The molecule has 1 saturated heterocycles. The molecule has 0 aliphatic carbocycles. The number of hydrogen-bond acceptors (Lipinski definition) is 2. The molecule has 0 spiro atoms. The standard InChI is InChI=1S/C14H16F2N2O/c1-9(12-3-2-10(15)7-13(12)16)6-14(19)18-5-4-11(17)8-18/h2-3,6-7,11H,4-5,8,17H2,1H3/t11-/m1/s1. The average Bonchev–Trinajstić information content (AvgIpc) is 2.75. The van der Waals surface area contributed by atoms with Crippen LogP contribution in [0.2, 0.25) is 0 Å². The van der Waals surface area contributed by atoms with Gasteiger partial charge in [0.1, 0.15) is 11.6 Å². The van der Waals surface area contributed by atoms with Gasteiger partial charge in [0.15, 0.2) is 0 Å². The van der Waals surface area contributed by atoms with Gasteiger partial charge in [-0.05, 0) is 31.1 Å². The summed E-state index contributed by atoms with van der Waals surface area (Å²) < 4.78 is 26.4. The van der Waals surface area contributed by atoms with Gasteiger partial charge in [-0.3, -0.25) is 4.79 Å². The summed E-state index contributed by atoms with van der Waals surface area (Å²) in [6, 6.07) is 3.33. The van der Waals surface area contributed by atoms with Crippen LogP contribution in [-0.4, -0.2) is 29.9 Å². The smallest absolute Gasteiger partial charge is 0.246 e. The van der Waals surface area contributed by atoms with Crippen molar-refractivity contribution >= 4 is 11.5 Å². The number of likely N-dealkylation sites (tertiary alicyclic amines) is 1. The summed E-state index contributed by atoms with van der Waals surface area (Å²) in [6.07, 6.45) is 2.15. The quantitative estimate of drug-likeness (QED) is 0.831. The molecule has 1 aromatic rings. The SMILES string of the molecule is CC(=CC(=O)N1CC[C@@H](N)C1)c1ccc(F)cc1F. The first-order valence-electron chi connectivity index (χ1n) is 6.15. The number of nitrogens with two attached hydrogens (primary N) is 1. The molecule has 2 rings (SSSR count). The van der Waals surface area contributed by atoms with Crippen molar-refractivity contribution in [1.29, 1.82) is 0 Å². The van der Waals surface area contributed by atoms with E-state index in [1.807, 2.05) is 0 Å². The molecule has 1 amide bonds. The molecule has 0 unspecified atom stereocenters. The highest BCUT2D eigenvalue weighted by Gasteiger charge is 2.22. The normalized spacial score (nSPS) is 19.9. The van der Waals surface area contributed by atoms with Crippen molar-refractivity contribution in [3.8, 4) is 0 Å². The van der Waals surface area contributed by atoms with Crippen LogP contribution in [0.15, 0.2) is 24.3 Å². The van der Waals surface area contributed by atoms with E-state index in [0.717, 1.165) is 12.5 Å². The Bertz CT molecular complexity index is 528. The minimum Gasteiger partial charge on any atom is -0.338 e. The van der Waals surface area contributed by atoms with Gasteiger partial charge in [0, 0.05) is 36.8 Å². The third kappa shape index (κ3) is 3.17. The van der Waals surface area contributed by atoms with Gasteiger partial charge in [-0.2, -0.15) is 0 Å². The number of carbonyl (C=O) groups excluding carboxylic acids is 1. The maximum absolute atomic E-state index is 13.6. The first kappa shape index (κ1) is 13.7. The Labute approximate surface area is 110 Å². The van der Waals surface area contributed by atoms with Crippen LogP contribution in [0.1, 0.15) is 18.9 Å². The van der Waals surface area contributed by atoms with E-state index < -0.39 is 11.6 Å². The first-order valence-corrected chi connectivity index (χ1v) is 6.15. The number of carbonyl (C=O) groups is 1. The molecule has 5 heteroatoms. The number of halogens is 2. The molecule has 102 valence electrons. The summed E-state index contributed by atoms with van der Waals surface area (Å²) in [5, 5.41) is 0. The lowest BCUT2D eigenvalue weighted by molar-refractivity contribution is -0.125. The highest BCUT2D eigenvalue weighted by molar-refractivity contribution is 5.95. The molecule has 0 aromatic heterocycles. The molecule has 1 atom stereocenters. The van der Waals surface area contributed by atoms with Crippen LogP contribution in [0.3, 0.4) is 0 Å². The van der Waals surface area contributed by atoms with E-state index in [0.29, 0.717) is 18.7 Å². The van der Waals surface area contributed by atoms with Crippen LogP contribution in [0.25, 0.3) is 5.57 Å². The van der Waals surface area contributed by atoms with Crippen molar-refractivity contribution in [2.45, 2.75) is 19.4 Å². The highest BCUT2D eigenvalue weighted by Crippen LogP contribution is 2.19. The number of benzene rings is 1. The Morgan fingerprint density at radius 3 is 2.79 bits per heavy atom. The van der Waals surface area contributed by atoms with Crippen molar-refractivity contribution in [1.82, 2.24) is 4.90 Å². The van der Waals surface area contributed by atoms with E-state index in [-0.39, 0.29) is 17.5 Å². The highest BCUT2D eigenvalue weighted by atomic mass is 19.1. The van der Waals surface area contributed by atoms with E-state index in [4.69, 9.17) is 5.73 Å². The van der Waals surface area contributed by atoms with E-state index >= 15 is 0 Å². The van der Waals surface area contributed by atoms with E-state index in [2.05, 4.69) is 0 Å². The van der Waals surface area contributed by atoms with Crippen LogP contribution in [-0.2, 0) is 4.79 Å². The minimum absolute atomic E-state index is 0.0141. The zero-order valence-electron chi connectivity index (χ0n) is 10.7. The number of nitrogens with zero attached hydrogens (tertiary/aromatic N) is 1. The topological polar surface area (TPSA) is 46.3 Å². The van der Waals surface area contributed by atoms with Crippen LogP contribution >= 0.6 is 0 Å². The molecule has 1 fully saturated rings. The van der Waals surface area contributed by atoms with Gasteiger partial charge in [-0.25, -0.2) is 8.78 Å². The van der Waals surface area contributed by atoms with Gasteiger partial charge < -0.3 is 10.6 Å². The third-order valence-corrected chi connectivity index (χ3v) is 3.23. The Kier molecular flexibility index (Phi) is 3.95. The predicted molar refractivity (Wildman–Crippen MR) is 69.2 cm³/mol. The zero-order valence-corrected chi connectivity index (χ0v) is 10.7. The van der Waals surface area contributed by atoms with E-state index in [9.17, 15) is 13.6 Å². The fourth-order valence-corrected chi connectivity index (χ4v) is 2.15. The lowest BCUT2D eigenvalue weighted by atomic mass is 10.1. The van der Waals surface area contributed by atoms with Crippen molar-refractivity contribution in [3.05, 3.63) is 41.5 Å². The Hall–Kier alpha value is -1.75. The molecule has 1 aliphatic heterocycles. The number of amides is 1. The summed E-state index contributed by atoms with van der Waals surface area (Å²) in [6.45, 7) is 2.77. The number of rotatable bonds is 2.